The Morgan fingerprint density at radius 1 is 0.316 bits per heavy atom. The maximum atomic E-state index is 10.5. The minimum Gasteiger partial charge on any atom is -0.478 e. The average molecular weight is 602 g/mol. The number of hydrogen-bond donors (Lipinski definition) is 6. The Morgan fingerprint density at radius 3 is 0.500 bits per heavy atom. The van der Waals surface area contributed by atoms with Gasteiger partial charge in [0.2, 0.25) is 0 Å². The van der Waals surface area contributed by atoms with E-state index >= 15 is 0 Å². The van der Waals surface area contributed by atoms with Gasteiger partial charge in [0.15, 0.2) is 0 Å². The molecule has 0 atom stereocenters. The summed E-state index contributed by atoms with van der Waals surface area (Å²) in [5, 5.41) is 51.3. The van der Waals surface area contributed by atoms with E-state index in [4.69, 9.17) is 30.6 Å². The van der Waals surface area contributed by atoms with Crippen LogP contribution in [0.25, 0.3) is 0 Å². The summed E-state index contributed by atoms with van der Waals surface area (Å²) < 4.78 is 0. The molecule has 3 aromatic rings. The van der Waals surface area contributed by atoms with Crippen LogP contribution in [0.1, 0.15) is 62.1 Å². The number of aromatic carboxylic acids is 6. The minimum absolute atomic E-state index is 0. The summed E-state index contributed by atoms with van der Waals surface area (Å²) in [6.07, 6.45) is 0. The molecule has 0 spiro atoms. The normalized spacial score (nSPS) is 8.84. The van der Waals surface area contributed by atoms with E-state index in [2.05, 4.69) is 0 Å². The van der Waals surface area contributed by atoms with Crippen LogP contribution in [0.3, 0.4) is 0 Å². The Balaban J connectivity index is 0. The Labute approximate surface area is 235 Å². The fourth-order valence-electron chi connectivity index (χ4n) is 2.57. The van der Waals surface area contributed by atoms with Gasteiger partial charge in [0.25, 0.3) is 0 Å². The van der Waals surface area contributed by atoms with Crippen LogP contribution in [-0.4, -0.2) is 66.5 Å². The molecule has 0 saturated carbocycles. The van der Waals surface area contributed by atoms with Crippen molar-refractivity contribution < 1.29 is 94.1 Å². The zero-order chi connectivity index (χ0) is 27.4. The standard InChI is InChI=1S/3C8H6O4.2Cr/c3*9-7(10)5-3-1-2-4-6(5)8(11)12;;/h3*1-4H,(H,9,10)(H,11,12);;. The van der Waals surface area contributed by atoms with E-state index < -0.39 is 35.8 Å². The Bertz CT molecular complexity index is 1060. The molecule has 0 aromatic heterocycles. The second-order valence-corrected chi connectivity index (χ2v) is 6.47. The van der Waals surface area contributed by atoms with Gasteiger partial charge >= 0.3 is 35.8 Å². The van der Waals surface area contributed by atoms with Crippen molar-refractivity contribution in [2.45, 2.75) is 0 Å². The topological polar surface area (TPSA) is 224 Å². The Hall–Kier alpha value is -4.46. The molecule has 0 saturated heterocycles. The number of carbonyl (C=O) groups is 6. The maximum Gasteiger partial charge on any atom is 0.336 e. The molecular weight excluding hydrogens is 584 g/mol. The number of rotatable bonds is 6. The molecule has 0 unspecified atom stereocenters. The number of carboxylic acid groups (broad SMARTS) is 6. The molecule has 0 radical (unpaired) electrons. The molecule has 38 heavy (non-hydrogen) atoms. The third-order valence-corrected chi connectivity index (χ3v) is 4.16. The summed E-state index contributed by atoms with van der Waals surface area (Å²) >= 11 is 0. The van der Waals surface area contributed by atoms with E-state index in [0.717, 1.165) is 0 Å². The summed E-state index contributed by atoms with van der Waals surface area (Å²) in [7, 11) is 0. The predicted octanol–water partition coefficient (Wildman–Crippen LogP) is 3.24. The van der Waals surface area contributed by atoms with E-state index in [0.29, 0.717) is 0 Å². The van der Waals surface area contributed by atoms with Gasteiger partial charge in [-0.2, -0.15) is 0 Å². The van der Waals surface area contributed by atoms with Gasteiger partial charge in [0.1, 0.15) is 0 Å². The van der Waals surface area contributed by atoms with Gasteiger partial charge in [-0.25, -0.2) is 28.8 Å². The van der Waals surface area contributed by atoms with Crippen LogP contribution in [0.5, 0.6) is 0 Å². The van der Waals surface area contributed by atoms with Gasteiger partial charge in [-0.3, -0.25) is 0 Å². The van der Waals surface area contributed by atoms with Gasteiger partial charge < -0.3 is 30.6 Å². The largest absolute Gasteiger partial charge is 0.478 e. The monoisotopic (exact) mass is 602 g/mol. The number of benzene rings is 3. The molecule has 0 heterocycles. The van der Waals surface area contributed by atoms with Crippen molar-refractivity contribution in [2.75, 3.05) is 0 Å². The molecule has 14 heteroatoms. The van der Waals surface area contributed by atoms with Crippen molar-refractivity contribution in [2.24, 2.45) is 0 Å². The first-order valence-corrected chi connectivity index (χ1v) is 9.55. The quantitative estimate of drug-likeness (QED) is 0.239. The molecule has 0 aliphatic carbocycles. The molecule has 3 rings (SSSR count). The van der Waals surface area contributed by atoms with E-state index in [9.17, 15) is 28.8 Å². The van der Waals surface area contributed by atoms with Gasteiger partial charge in [0, 0.05) is 34.7 Å². The SMILES string of the molecule is O=C(O)c1ccccc1C(=O)O.O=C(O)c1ccccc1C(=O)O.O=C(O)c1ccccc1C(=O)O.[Cr].[Cr]. The van der Waals surface area contributed by atoms with E-state index in [-0.39, 0.29) is 68.1 Å². The molecule has 0 bridgehead atoms. The van der Waals surface area contributed by atoms with Crippen molar-refractivity contribution >= 4 is 35.8 Å². The first-order chi connectivity index (χ1) is 16.9. The molecule has 0 aliphatic heterocycles. The summed E-state index contributed by atoms with van der Waals surface area (Å²) in [4.78, 5) is 62.8. The Kier molecular flexibility index (Phi) is 16.0. The molecule has 12 nitrogen and oxygen atoms in total. The third-order valence-electron chi connectivity index (χ3n) is 4.16. The van der Waals surface area contributed by atoms with Crippen molar-refractivity contribution in [3.8, 4) is 0 Å². The smallest absolute Gasteiger partial charge is 0.336 e. The summed E-state index contributed by atoms with van der Waals surface area (Å²) in [6, 6.07) is 16.4. The summed E-state index contributed by atoms with van der Waals surface area (Å²) in [6.45, 7) is 0. The van der Waals surface area contributed by atoms with Crippen LogP contribution in [0.15, 0.2) is 72.8 Å². The van der Waals surface area contributed by atoms with Crippen LogP contribution < -0.4 is 0 Å². The summed E-state index contributed by atoms with van der Waals surface area (Å²) in [5.41, 5.74) is -1.14. The molecular formula is C24H18Cr2O12. The fourth-order valence-corrected chi connectivity index (χ4v) is 2.57. The molecule has 0 amide bonds. The van der Waals surface area contributed by atoms with Crippen molar-refractivity contribution in [1.82, 2.24) is 0 Å². The van der Waals surface area contributed by atoms with Crippen LogP contribution in [0.4, 0.5) is 0 Å². The van der Waals surface area contributed by atoms with Crippen LogP contribution >= 0.6 is 0 Å². The number of hydrogen-bond acceptors (Lipinski definition) is 6. The molecule has 198 valence electrons. The van der Waals surface area contributed by atoms with Crippen LogP contribution in [0, 0.1) is 0 Å². The first-order valence-electron chi connectivity index (χ1n) is 9.55. The third kappa shape index (κ3) is 10.7. The van der Waals surface area contributed by atoms with Crippen molar-refractivity contribution in [3.63, 3.8) is 0 Å². The molecule has 3 aromatic carbocycles. The predicted molar refractivity (Wildman–Crippen MR) is 121 cm³/mol. The molecule has 0 aliphatic rings. The maximum absolute atomic E-state index is 10.5. The zero-order valence-electron chi connectivity index (χ0n) is 18.9. The molecule has 0 fully saturated rings. The second kappa shape index (κ2) is 17.1. The summed E-state index contributed by atoms with van der Waals surface area (Å²) in [5.74, 6) is -7.37. The average Bonchev–Trinajstić information content (AvgIpc) is 2.84. The second-order valence-electron chi connectivity index (χ2n) is 6.47. The van der Waals surface area contributed by atoms with Crippen LogP contribution in [0.2, 0.25) is 0 Å². The van der Waals surface area contributed by atoms with Gasteiger partial charge in [0.05, 0.1) is 33.4 Å². The zero-order valence-corrected chi connectivity index (χ0v) is 21.4. The van der Waals surface area contributed by atoms with Gasteiger partial charge in [-0.05, 0) is 36.4 Å². The van der Waals surface area contributed by atoms with Gasteiger partial charge in [-0.15, -0.1) is 0 Å². The first kappa shape index (κ1) is 35.7. The number of carboxylic acids is 6. The Morgan fingerprint density at radius 2 is 0.421 bits per heavy atom. The van der Waals surface area contributed by atoms with E-state index in [1.807, 2.05) is 0 Å². The molecule has 6 N–H and O–H groups in total. The minimum atomic E-state index is -1.23. The van der Waals surface area contributed by atoms with Gasteiger partial charge in [-0.1, -0.05) is 36.4 Å². The fraction of sp³-hybridized carbons (Fsp3) is 0. The van der Waals surface area contributed by atoms with Crippen molar-refractivity contribution in [1.29, 1.82) is 0 Å². The van der Waals surface area contributed by atoms with Crippen LogP contribution in [-0.2, 0) is 34.7 Å². The van der Waals surface area contributed by atoms with Crippen molar-refractivity contribution in [3.05, 3.63) is 106 Å². The van der Waals surface area contributed by atoms with E-state index in [1.54, 1.807) is 0 Å². The van der Waals surface area contributed by atoms with E-state index in [1.165, 1.54) is 72.8 Å².